The van der Waals surface area contributed by atoms with E-state index in [2.05, 4.69) is 97.9 Å². The van der Waals surface area contributed by atoms with Gasteiger partial charge < -0.3 is 9.47 Å². The van der Waals surface area contributed by atoms with Crippen molar-refractivity contribution in [3.8, 4) is 11.5 Å². The van der Waals surface area contributed by atoms with Gasteiger partial charge in [-0.05, 0) is 42.3 Å². The van der Waals surface area contributed by atoms with Gasteiger partial charge in [0.1, 0.15) is 23.4 Å². The molecule has 5 rings (SSSR count). The van der Waals surface area contributed by atoms with E-state index < -0.39 is 0 Å². The summed E-state index contributed by atoms with van der Waals surface area (Å²) in [5.74, 6) is 2.93. The van der Waals surface area contributed by atoms with Crippen LogP contribution in [0.5, 0.6) is 11.5 Å². The van der Waals surface area contributed by atoms with Gasteiger partial charge in [0, 0.05) is 31.3 Å². The topological polar surface area (TPSA) is 18.5 Å². The Kier molecular flexibility index (Phi) is 7.28. The van der Waals surface area contributed by atoms with E-state index in [1.807, 2.05) is 12.1 Å². The van der Waals surface area contributed by atoms with Crippen LogP contribution in [0.4, 0.5) is 0 Å². The highest BCUT2D eigenvalue weighted by Crippen LogP contribution is 2.44. The largest absolute Gasteiger partial charge is 0.481 e. The molecule has 0 unspecified atom stereocenters. The first kappa shape index (κ1) is 22.7. The van der Waals surface area contributed by atoms with E-state index in [0.29, 0.717) is 11.9 Å². The zero-order chi connectivity index (χ0) is 23.2. The summed E-state index contributed by atoms with van der Waals surface area (Å²) in [5, 5.41) is 4.35. The molecule has 0 aliphatic carbocycles. The van der Waals surface area contributed by atoms with Gasteiger partial charge in [-0.3, -0.25) is 0 Å². The van der Waals surface area contributed by atoms with Gasteiger partial charge >= 0.3 is 0 Å². The van der Waals surface area contributed by atoms with Gasteiger partial charge in [-0.1, -0.05) is 103 Å². The summed E-state index contributed by atoms with van der Waals surface area (Å²) >= 11 is 3.40. The molecule has 0 atom stereocenters. The Morgan fingerprint density at radius 1 is 0.529 bits per heavy atom. The van der Waals surface area contributed by atoms with Crippen LogP contribution in [0.3, 0.4) is 0 Å². The third-order valence-corrected chi connectivity index (χ3v) is 7.42. The zero-order valence-corrected chi connectivity index (χ0v) is 20.7. The average molecular weight is 483 g/mol. The van der Waals surface area contributed by atoms with E-state index in [1.54, 1.807) is 23.5 Å². The van der Waals surface area contributed by atoms with Gasteiger partial charge in [-0.25, -0.2) is 0 Å². The van der Waals surface area contributed by atoms with Crippen LogP contribution in [-0.2, 0) is 6.42 Å². The van der Waals surface area contributed by atoms with Gasteiger partial charge in [0.2, 0.25) is 0 Å². The van der Waals surface area contributed by atoms with E-state index in [-0.39, 0.29) is 0 Å². The highest BCUT2D eigenvalue weighted by Gasteiger charge is 2.17. The van der Waals surface area contributed by atoms with Crippen molar-refractivity contribution in [3.05, 3.63) is 109 Å². The Bertz CT molecular complexity index is 1390. The van der Waals surface area contributed by atoms with E-state index >= 15 is 0 Å². The van der Waals surface area contributed by atoms with Crippen molar-refractivity contribution >= 4 is 45.1 Å². The molecule has 0 N–H and O–H groups in total. The number of rotatable bonds is 9. The van der Waals surface area contributed by atoms with Gasteiger partial charge in [0.25, 0.3) is 0 Å². The quantitative estimate of drug-likeness (QED) is 0.119. The molecular formula is C30H26O2S2. The van der Waals surface area contributed by atoms with E-state index in [1.165, 1.54) is 15.4 Å². The molecule has 2 nitrogen and oxygen atoms in total. The molecule has 170 valence electrons. The van der Waals surface area contributed by atoms with Crippen LogP contribution in [0, 0.1) is 0 Å². The molecular weight excluding hydrogens is 456 g/mol. The molecule has 34 heavy (non-hydrogen) atoms. The number of ether oxygens (including phenoxy) is 2. The fraction of sp³-hybridized carbons (Fsp3) is 0.133. The summed E-state index contributed by atoms with van der Waals surface area (Å²) < 4.78 is 12.9. The summed E-state index contributed by atoms with van der Waals surface area (Å²) in [5.41, 5.74) is 1.29. The minimum atomic E-state index is 0.544. The van der Waals surface area contributed by atoms with Gasteiger partial charge in [-0.2, -0.15) is 0 Å². The lowest BCUT2D eigenvalue weighted by Crippen LogP contribution is -2.00. The molecule has 4 heteroatoms. The van der Waals surface area contributed by atoms with Crippen LogP contribution in [0.2, 0.25) is 0 Å². The van der Waals surface area contributed by atoms with Crippen LogP contribution in [0.25, 0.3) is 21.5 Å². The lowest BCUT2D eigenvalue weighted by molar-refractivity contribution is 0.395. The second-order valence-electron chi connectivity index (χ2n) is 7.88. The molecule has 0 radical (unpaired) electrons. The molecule has 0 aliphatic heterocycles. The Labute approximate surface area is 209 Å². The molecule has 0 fully saturated rings. The summed E-state index contributed by atoms with van der Waals surface area (Å²) in [7, 11) is 0. The highest BCUT2D eigenvalue weighted by molar-refractivity contribution is 7.99. The standard InChI is InChI=1S/C30H26O2S2/c1-2-22-17-18-27-28(19-22)30(32-21-34-24-13-7-4-8-14-24)26-16-10-9-15-25(26)29(27)31-20-33-23-11-5-3-6-12-23/h3-19H,2,20-21H2,1H3. The minimum absolute atomic E-state index is 0.544. The number of aryl methyl sites for hydroxylation is 1. The summed E-state index contributed by atoms with van der Waals surface area (Å²) in [6.45, 7) is 2.18. The van der Waals surface area contributed by atoms with Gasteiger partial charge in [-0.15, -0.1) is 0 Å². The van der Waals surface area contributed by atoms with Crippen molar-refractivity contribution in [1.82, 2.24) is 0 Å². The summed E-state index contributed by atoms with van der Waals surface area (Å²) in [6, 6.07) is 35.7. The number of hydrogen-bond acceptors (Lipinski definition) is 4. The molecule has 0 spiro atoms. The molecule has 0 amide bonds. The Hall–Kier alpha value is -3.08. The summed E-state index contributed by atoms with van der Waals surface area (Å²) in [4.78, 5) is 2.39. The first-order valence-corrected chi connectivity index (χ1v) is 13.4. The van der Waals surface area contributed by atoms with Crippen molar-refractivity contribution in [3.63, 3.8) is 0 Å². The maximum absolute atomic E-state index is 6.47. The summed E-state index contributed by atoms with van der Waals surface area (Å²) in [6.07, 6.45) is 0.973. The Morgan fingerprint density at radius 3 is 1.53 bits per heavy atom. The fourth-order valence-corrected chi connectivity index (χ4v) is 5.35. The number of thioether (sulfide) groups is 2. The molecule has 5 aromatic rings. The Balaban J connectivity index is 1.52. The molecule has 0 bridgehead atoms. The minimum Gasteiger partial charge on any atom is -0.481 e. The van der Waals surface area contributed by atoms with Crippen molar-refractivity contribution in [1.29, 1.82) is 0 Å². The average Bonchev–Trinajstić information content (AvgIpc) is 2.90. The number of benzene rings is 5. The molecule has 0 saturated carbocycles. The molecule has 0 aliphatic rings. The predicted octanol–water partition coefficient (Wildman–Crippen LogP) is 8.81. The Morgan fingerprint density at radius 2 is 1.00 bits per heavy atom. The number of fused-ring (bicyclic) bond motifs is 2. The van der Waals surface area contributed by atoms with Crippen LogP contribution in [0.1, 0.15) is 12.5 Å². The lowest BCUT2D eigenvalue weighted by atomic mass is 9.98. The van der Waals surface area contributed by atoms with E-state index in [0.717, 1.165) is 39.5 Å². The number of hydrogen-bond donors (Lipinski definition) is 0. The third kappa shape index (κ3) is 5.03. The smallest absolute Gasteiger partial charge is 0.138 e. The van der Waals surface area contributed by atoms with Crippen molar-refractivity contribution in [2.75, 3.05) is 11.9 Å². The third-order valence-electron chi connectivity index (χ3n) is 5.74. The van der Waals surface area contributed by atoms with Crippen LogP contribution in [0.15, 0.2) is 113 Å². The van der Waals surface area contributed by atoms with Gasteiger partial charge in [0.15, 0.2) is 0 Å². The van der Waals surface area contributed by atoms with Crippen molar-refractivity contribution < 1.29 is 9.47 Å². The SMILES string of the molecule is CCc1ccc2c(OCSc3ccccc3)c3ccccc3c(OCSc3ccccc3)c2c1. The first-order valence-electron chi connectivity index (χ1n) is 11.4. The zero-order valence-electron chi connectivity index (χ0n) is 19.1. The molecule has 5 aromatic carbocycles. The second-order valence-corrected chi connectivity index (χ2v) is 9.87. The predicted molar refractivity (Wildman–Crippen MR) is 146 cm³/mol. The van der Waals surface area contributed by atoms with Gasteiger partial charge in [0.05, 0.1) is 0 Å². The monoisotopic (exact) mass is 482 g/mol. The van der Waals surface area contributed by atoms with Crippen LogP contribution < -0.4 is 9.47 Å². The van der Waals surface area contributed by atoms with E-state index in [9.17, 15) is 0 Å². The molecule has 0 aromatic heterocycles. The molecule has 0 heterocycles. The van der Waals surface area contributed by atoms with Crippen LogP contribution in [-0.4, -0.2) is 11.9 Å². The maximum atomic E-state index is 6.47. The maximum Gasteiger partial charge on any atom is 0.138 e. The van der Waals surface area contributed by atoms with E-state index in [4.69, 9.17) is 9.47 Å². The molecule has 0 saturated heterocycles. The van der Waals surface area contributed by atoms with Crippen molar-refractivity contribution in [2.45, 2.75) is 23.1 Å². The lowest BCUT2D eigenvalue weighted by Gasteiger charge is -2.18. The second kappa shape index (κ2) is 10.9. The fourth-order valence-electron chi connectivity index (χ4n) is 4.02. The highest BCUT2D eigenvalue weighted by atomic mass is 32.2. The first-order chi connectivity index (χ1) is 16.8. The van der Waals surface area contributed by atoms with Crippen molar-refractivity contribution in [2.24, 2.45) is 0 Å². The van der Waals surface area contributed by atoms with Crippen LogP contribution >= 0.6 is 23.5 Å². The normalized spacial score (nSPS) is 11.1.